The number of benzene rings is 2. The first-order valence-corrected chi connectivity index (χ1v) is 7.23. The van der Waals surface area contributed by atoms with Gasteiger partial charge in [0.25, 0.3) is 0 Å². The summed E-state index contributed by atoms with van der Waals surface area (Å²) in [5, 5.41) is 0. The van der Waals surface area contributed by atoms with Crippen LogP contribution in [-0.2, 0) is 6.42 Å². The van der Waals surface area contributed by atoms with Crippen molar-refractivity contribution >= 4 is 0 Å². The zero-order chi connectivity index (χ0) is 14.3. The van der Waals surface area contributed by atoms with Gasteiger partial charge in [0.1, 0.15) is 11.5 Å². The summed E-state index contributed by atoms with van der Waals surface area (Å²) in [6, 6.07) is 22.3. The zero-order valence-corrected chi connectivity index (χ0v) is 11.9. The Morgan fingerprint density at radius 3 is 2.43 bits per heavy atom. The Balaban J connectivity index is 1.59. The Morgan fingerprint density at radius 2 is 1.62 bits per heavy atom. The van der Waals surface area contributed by atoms with Crippen LogP contribution in [0.5, 0.6) is 5.75 Å². The number of para-hydroxylation sites is 1. The van der Waals surface area contributed by atoms with Gasteiger partial charge in [0.2, 0.25) is 0 Å². The summed E-state index contributed by atoms with van der Waals surface area (Å²) in [4.78, 5) is 0. The molecule has 2 nitrogen and oxygen atoms in total. The van der Waals surface area contributed by atoms with Crippen LogP contribution in [0.15, 0.2) is 77.4 Å². The predicted octanol–water partition coefficient (Wildman–Crippen LogP) is 4.96. The van der Waals surface area contributed by atoms with Crippen molar-refractivity contribution in [2.75, 3.05) is 6.61 Å². The molecule has 0 saturated carbocycles. The van der Waals surface area contributed by atoms with Crippen molar-refractivity contribution in [3.05, 3.63) is 78.6 Å². The maximum Gasteiger partial charge on any atom is 0.137 e. The van der Waals surface area contributed by atoms with E-state index in [0.717, 1.165) is 29.9 Å². The first kappa shape index (κ1) is 13.5. The van der Waals surface area contributed by atoms with E-state index in [0.29, 0.717) is 6.61 Å². The van der Waals surface area contributed by atoms with Crippen LogP contribution in [0.2, 0.25) is 0 Å². The maximum atomic E-state index is 5.92. The monoisotopic (exact) mass is 278 g/mol. The first-order valence-electron chi connectivity index (χ1n) is 7.23. The van der Waals surface area contributed by atoms with Gasteiger partial charge in [-0.3, -0.25) is 0 Å². The average Bonchev–Trinajstić information content (AvgIpc) is 3.07. The van der Waals surface area contributed by atoms with Gasteiger partial charge in [-0.05, 0) is 42.7 Å². The first-order chi connectivity index (χ1) is 10.4. The number of ether oxygens (including phenoxy) is 1. The van der Waals surface area contributed by atoms with E-state index in [9.17, 15) is 0 Å². The van der Waals surface area contributed by atoms with E-state index in [2.05, 4.69) is 24.3 Å². The lowest BCUT2D eigenvalue weighted by atomic mass is 10.1. The molecule has 0 radical (unpaired) electrons. The number of rotatable bonds is 6. The number of hydrogen-bond donors (Lipinski definition) is 0. The van der Waals surface area contributed by atoms with Crippen molar-refractivity contribution in [1.29, 1.82) is 0 Å². The molecule has 2 heteroatoms. The highest BCUT2D eigenvalue weighted by molar-refractivity contribution is 5.65. The highest BCUT2D eigenvalue weighted by atomic mass is 16.5. The molecule has 0 unspecified atom stereocenters. The van der Waals surface area contributed by atoms with Crippen molar-refractivity contribution in [3.8, 4) is 17.1 Å². The second-order valence-electron chi connectivity index (χ2n) is 4.91. The van der Waals surface area contributed by atoms with Crippen molar-refractivity contribution in [2.24, 2.45) is 0 Å². The molecule has 3 aromatic rings. The van der Waals surface area contributed by atoms with Crippen LogP contribution >= 0.6 is 0 Å². The molecular weight excluding hydrogens is 260 g/mol. The van der Waals surface area contributed by atoms with E-state index >= 15 is 0 Å². The van der Waals surface area contributed by atoms with E-state index in [-0.39, 0.29) is 0 Å². The Bertz CT molecular complexity index is 657. The normalized spacial score (nSPS) is 10.5. The van der Waals surface area contributed by atoms with Crippen molar-refractivity contribution < 1.29 is 9.15 Å². The van der Waals surface area contributed by atoms with E-state index in [1.54, 1.807) is 6.26 Å². The molecule has 106 valence electrons. The lowest BCUT2D eigenvalue weighted by Gasteiger charge is -2.10. The molecule has 0 aliphatic rings. The number of hydrogen-bond acceptors (Lipinski definition) is 2. The van der Waals surface area contributed by atoms with Crippen molar-refractivity contribution in [3.63, 3.8) is 0 Å². The Morgan fingerprint density at radius 1 is 0.810 bits per heavy atom. The molecule has 21 heavy (non-hydrogen) atoms. The lowest BCUT2D eigenvalue weighted by Crippen LogP contribution is -2.00. The molecule has 0 bridgehead atoms. The average molecular weight is 278 g/mol. The molecule has 0 aliphatic heterocycles. The third-order valence-electron chi connectivity index (χ3n) is 3.38. The summed E-state index contributed by atoms with van der Waals surface area (Å²) < 4.78 is 11.4. The van der Waals surface area contributed by atoms with Gasteiger partial charge in [0, 0.05) is 0 Å². The minimum absolute atomic E-state index is 0.701. The topological polar surface area (TPSA) is 22.4 Å². The maximum absolute atomic E-state index is 5.92. The van der Waals surface area contributed by atoms with Gasteiger partial charge in [-0.1, -0.05) is 42.5 Å². The summed E-state index contributed by atoms with van der Waals surface area (Å²) in [6.45, 7) is 0.701. The summed E-state index contributed by atoms with van der Waals surface area (Å²) in [7, 11) is 0. The third-order valence-corrected chi connectivity index (χ3v) is 3.38. The Hall–Kier alpha value is -2.48. The minimum atomic E-state index is 0.701. The molecule has 0 spiro atoms. The molecule has 3 rings (SSSR count). The predicted molar refractivity (Wildman–Crippen MR) is 84.4 cm³/mol. The van der Waals surface area contributed by atoms with E-state index < -0.39 is 0 Å². The number of aryl methyl sites for hydroxylation is 1. The smallest absolute Gasteiger partial charge is 0.137 e. The van der Waals surface area contributed by atoms with Crippen molar-refractivity contribution in [1.82, 2.24) is 0 Å². The molecule has 1 heterocycles. The highest BCUT2D eigenvalue weighted by Gasteiger charge is 2.07. The summed E-state index contributed by atoms with van der Waals surface area (Å²) >= 11 is 0. The summed E-state index contributed by atoms with van der Waals surface area (Å²) in [5.41, 5.74) is 2.35. The van der Waals surface area contributed by atoms with E-state index in [1.807, 2.05) is 42.5 Å². The molecule has 0 saturated heterocycles. The quantitative estimate of drug-likeness (QED) is 0.595. The van der Waals surface area contributed by atoms with Gasteiger partial charge in [-0.25, -0.2) is 0 Å². The van der Waals surface area contributed by atoms with Crippen LogP contribution in [0.4, 0.5) is 0 Å². The van der Waals surface area contributed by atoms with Crippen LogP contribution in [0, 0.1) is 0 Å². The van der Waals surface area contributed by atoms with Gasteiger partial charge in [0.15, 0.2) is 0 Å². The van der Waals surface area contributed by atoms with Gasteiger partial charge in [-0.15, -0.1) is 0 Å². The molecule has 0 fully saturated rings. The molecule has 2 aromatic carbocycles. The van der Waals surface area contributed by atoms with Crippen LogP contribution in [0.1, 0.15) is 12.0 Å². The number of furan rings is 1. The summed E-state index contributed by atoms with van der Waals surface area (Å²) in [5.74, 6) is 1.72. The second-order valence-corrected chi connectivity index (χ2v) is 4.91. The van der Waals surface area contributed by atoms with E-state index in [1.165, 1.54) is 5.56 Å². The standard InChI is InChI=1S/C19H18O2/c1-2-8-16(9-3-1)10-6-14-20-18-12-5-4-11-17(18)19-13-7-15-21-19/h1-5,7-9,11-13,15H,6,10,14H2. The van der Waals surface area contributed by atoms with Gasteiger partial charge < -0.3 is 9.15 Å². The zero-order valence-electron chi connectivity index (χ0n) is 11.9. The fourth-order valence-corrected chi connectivity index (χ4v) is 2.33. The molecule has 1 aromatic heterocycles. The second kappa shape index (κ2) is 6.80. The van der Waals surface area contributed by atoms with Gasteiger partial charge in [0.05, 0.1) is 18.4 Å². The van der Waals surface area contributed by atoms with E-state index in [4.69, 9.17) is 9.15 Å². The van der Waals surface area contributed by atoms with Crippen molar-refractivity contribution in [2.45, 2.75) is 12.8 Å². The summed E-state index contributed by atoms with van der Waals surface area (Å²) in [6.07, 6.45) is 3.71. The SMILES string of the molecule is c1ccc(CCCOc2ccccc2-c2ccco2)cc1. The molecule has 0 N–H and O–H groups in total. The molecule has 0 aliphatic carbocycles. The fraction of sp³-hybridized carbons (Fsp3) is 0.158. The highest BCUT2D eigenvalue weighted by Crippen LogP contribution is 2.30. The third kappa shape index (κ3) is 3.54. The minimum Gasteiger partial charge on any atom is -0.493 e. The van der Waals surface area contributed by atoms with Crippen LogP contribution < -0.4 is 4.74 Å². The Kier molecular flexibility index (Phi) is 4.37. The van der Waals surface area contributed by atoms with Crippen LogP contribution in [0.3, 0.4) is 0 Å². The van der Waals surface area contributed by atoms with Gasteiger partial charge in [-0.2, -0.15) is 0 Å². The molecular formula is C19H18O2. The van der Waals surface area contributed by atoms with Gasteiger partial charge >= 0.3 is 0 Å². The molecule has 0 amide bonds. The largest absolute Gasteiger partial charge is 0.493 e. The van der Waals surface area contributed by atoms with Crippen LogP contribution in [-0.4, -0.2) is 6.61 Å². The fourth-order valence-electron chi connectivity index (χ4n) is 2.33. The lowest BCUT2D eigenvalue weighted by molar-refractivity contribution is 0.311. The molecule has 0 atom stereocenters. The Labute approximate surface area is 125 Å². The van der Waals surface area contributed by atoms with Crippen LogP contribution in [0.25, 0.3) is 11.3 Å².